The molecule has 0 spiro atoms. The summed E-state index contributed by atoms with van der Waals surface area (Å²) in [5, 5.41) is 0. The van der Waals surface area contributed by atoms with Gasteiger partial charge < -0.3 is 19.5 Å². The monoisotopic (exact) mass is 403 g/mol. The Labute approximate surface area is 167 Å². The van der Waals surface area contributed by atoms with Gasteiger partial charge >= 0.3 is 0 Å². The Morgan fingerprint density at radius 1 is 1.39 bits per heavy atom. The van der Waals surface area contributed by atoms with Crippen LogP contribution in [0.15, 0.2) is 46.7 Å². The maximum atomic E-state index is 13.7. The SMILES string of the molecule is CCOc1ncc(F)cc1SN(C)c1cnc2c(c1)C(C=CN)=NC(C)CO2. The Kier molecular flexibility index (Phi) is 6.35. The molecule has 2 aromatic rings. The van der Waals surface area contributed by atoms with Crippen LogP contribution in [0.1, 0.15) is 19.4 Å². The van der Waals surface area contributed by atoms with Crippen molar-refractivity contribution in [3.8, 4) is 11.8 Å². The molecule has 0 aromatic carbocycles. The van der Waals surface area contributed by atoms with Crippen molar-refractivity contribution in [3.05, 3.63) is 48.2 Å². The van der Waals surface area contributed by atoms with Gasteiger partial charge in [-0.15, -0.1) is 0 Å². The summed E-state index contributed by atoms with van der Waals surface area (Å²) in [7, 11) is 1.85. The van der Waals surface area contributed by atoms with Crippen LogP contribution in [0, 0.1) is 5.82 Å². The molecule has 3 rings (SSSR count). The number of allylic oxidation sites excluding steroid dienone is 1. The molecular formula is C19H22FN5O2S. The first kappa shape index (κ1) is 19.9. The van der Waals surface area contributed by atoms with Gasteiger partial charge in [0.2, 0.25) is 11.8 Å². The number of fused-ring (bicyclic) bond motifs is 1. The number of aromatic nitrogens is 2. The Morgan fingerprint density at radius 2 is 2.21 bits per heavy atom. The second kappa shape index (κ2) is 8.92. The van der Waals surface area contributed by atoms with E-state index >= 15 is 0 Å². The van der Waals surface area contributed by atoms with Gasteiger partial charge in [0.15, 0.2) is 0 Å². The zero-order chi connectivity index (χ0) is 20.1. The summed E-state index contributed by atoms with van der Waals surface area (Å²) in [6, 6.07) is 3.30. The fraction of sp³-hybridized carbons (Fsp3) is 0.316. The maximum absolute atomic E-state index is 13.7. The number of hydrogen-bond acceptors (Lipinski definition) is 8. The number of rotatable bonds is 6. The predicted octanol–water partition coefficient (Wildman–Crippen LogP) is 3.20. The van der Waals surface area contributed by atoms with E-state index in [0.29, 0.717) is 35.6 Å². The van der Waals surface area contributed by atoms with Gasteiger partial charge in [-0.1, -0.05) is 0 Å². The number of halogens is 1. The van der Waals surface area contributed by atoms with Crippen LogP contribution < -0.4 is 19.5 Å². The van der Waals surface area contributed by atoms with Crippen LogP contribution in [0.4, 0.5) is 10.1 Å². The fourth-order valence-electron chi connectivity index (χ4n) is 2.60. The average Bonchev–Trinajstić information content (AvgIpc) is 2.83. The Balaban J connectivity index is 1.92. The number of ether oxygens (including phenoxy) is 2. The second-order valence-corrected chi connectivity index (χ2v) is 7.23. The molecule has 1 unspecified atom stereocenters. The lowest BCUT2D eigenvalue weighted by atomic mass is 10.1. The van der Waals surface area contributed by atoms with E-state index < -0.39 is 5.82 Å². The number of nitrogens with two attached hydrogens (primary N) is 1. The molecule has 7 nitrogen and oxygen atoms in total. The van der Waals surface area contributed by atoms with Crippen molar-refractivity contribution in [3.63, 3.8) is 0 Å². The van der Waals surface area contributed by atoms with E-state index in [-0.39, 0.29) is 6.04 Å². The summed E-state index contributed by atoms with van der Waals surface area (Å²) >= 11 is 1.29. The van der Waals surface area contributed by atoms with Gasteiger partial charge in [-0.2, -0.15) is 0 Å². The molecule has 0 radical (unpaired) electrons. The van der Waals surface area contributed by atoms with Gasteiger partial charge in [0, 0.05) is 7.05 Å². The highest BCUT2D eigenvalue weighted by molar-refractivity contribution is 8.00. The summed E-state index contributed by atoms with van der Waals surface area (Å²) in [4.78, 5) is 13.6. The summed E-state index contributed by atoms with van der Waals surface area (Å²) in [5.41, 5.74) is 7.82. The molecule has 9 heteroatoms. The normalized spacial score (nSPS) is 16.1. The minimum Gasteiger partial charge on any atom is -0.477 e. The number of hydrogen-bond donors (Lipinski definition) is 1. The van der Waals surface area contributed by atoms with E-state index in [9.17, 15) is 4.39 Å². The molecule has 28 heavy (non-hydrogen) atoms. The van der Waals surface area contributed by atoms with Gasteiger partial charge in [-0.3, -0.25) is 4.99 Å². The topological polar surface area (TPSA) is 85.9 Å². The minimum absolute atomic E-state index is 0.0110. The first-order chi connectivity index (χ1) is 13.5. The summed E-state index contributed by atoms with van der Waals surface area (Å²) < 4.78 is 26.8. The van der Waals surface area contributed by atoms with Crippen molar-refractivity contribution in [2.75, 3.05) is 24.6 Å². The van der Waals surface area contributed by atoms with E-state index in [0.717, 1.165) is 17.4 Å². The van der Waals surface area contributed by atoms with Crippen LogP contribution in [0.5, 0.6) is 11.8 Å². The quantitative estimate of drug-likeness (QED) is 0.741. The maximum Gasteiger partial charge on any atom is 0.229 e. The molecular weight excluding hydrogens is 381 g/mol. The lowest BCUT2D eigenvalue weighted by molar-refractivity contribution is 0.289. The second-order valence-electron chi connectivity index (χ2n) is 6.06. The Hall–Kier alpha value is -2.81. The van der Waals surface area contributed by atoms with Gasteiger partial charge in [0.05, 0.1) is 46.9 Å². The van der Waals surface area contributed by atoms with Gasteiger partial charge in [-0.05, 0) is 50.2 Å². The molecule has 0 bridgehead atoms. The third-order valence-corrected chi connectivity index (χ3v) is 4.83. The van der Waals surface area contributed by atoms with Crippen LogP contribution in [-0.2, 0) is 0 Å². The van der Waals surface area contributed by atoms with E-state index in [1.807, 2.05) is 31.3 Å². The van der Waals surface area contributed by atoms with Crippen molar-refractivity contribution >= 4 is 23.3 Å². The molecule has 3 heterocycles. The molecule has 0 amide bonds. The number of pyridine rings is 2. The lowest BCUT2D eigenvalue weighted by Crippen LogP contribution is -2.11. The highest BCUT2D eigenvalue weighted by atomic mass is 32.2. The standard InChI is InChI=1S/C19H22FN5O2S/c1-4-26-19-17(7-13(20)9-22-19)28-25(3)14-8-15-16(5-6-21)24-12(2)11-27-18(15)23-10-14/h5-10,12H,4,11,21H2,1-3H3. The Morgan fingerprint density at radius 3 is 2.96 bits per heavy atom. The molecule has 0 saturated carbocycles. The van der Waals surface area contributed by atoms with Crippen molar-refractivity contribution in [2.45, 2.75) is 24.8 Å². The predicted molar refractivity (Wildman–Crippen MR) is 109 cm³/mol. The van der Waals surface area contributed by atoms with Gasteiger partial charge in [-0.25, -0.2) is 14.4 Å². The van der Waals surface area contributed by atoms with Crippen molar-refractivity contribution in [2.24, 2.45) is 10.7 Å². The molecule has 1 aliphatic rings. The summed E-state index contributed by atoms with van der Waals surface area (Å²) in [6.45, 7) is 4.70. The number of aliphatic imine (C=N–C) groups is 1. The molecule has 1 atom stereocenters. The third-order valence-electron chi connectivity index (χ3n) is 3.85. The molecule has 148 valence electrons. The number of nitrogens with zero attached hydrogens (tertiary/aromatic N) is 4. The third kappa shape index (κ3) is 4.53. The van der Waals surface area contributed by atoms with Crippen molar-refractivity contribution < 1.29 is 13.9 Å². The molecule has 2 N–H and O–H groups in total. The van der Waals surface area contributed by atoms with E-state index in [2.05, 4.69) is 15.0 Å². The van der Waals surface area contributed by atoms with Crippen LogP contribution in [-0.4, -0.2) is 42.0 Å². The average molecular weight is 403 g/mol. The van der Waals surface area contributed by atoms with Gasteiger partial charge in [0.25, 0.3) is 0 Å². The smallest absolute Gasteiger partial charge is 0.229 e. The highest BCUT2D eigenvalue weighted by Crippen LogP contribution is 2.34. The van der Waals surface area contributed by atoms with Crippen LogP contribution >= 0.6 is 11.9 Å². The number of anilines is 1. The lowest BCUT2D eigenvalue weighted by Gasteiger charge is -2.20. The molecule has 2 aromatic heterocycles. The van der Waals surface area contributed by atoms with Crippen LogP contribution in [0.3, 0.4) is 0 Å². The molecule has 0 aliphatic carbocycles. The zero-order valence-corrected chi connectivity index (χ0v) is 16.7. The zero-order valence-electron chi connectivity index (χ0n) is 15.9. The van der Waals surface area contributed by atoms with Crippen LogP contribution in [0.2, 0.25) is 0 Å². The summed E-state index contributed by atoms with van der Waals surface area (Å²) in [6.07, 6.45) is 6.00. The van der Waals surface area contributed by atoms with Crippen LogP contribution in [0.25, 0.3) is 0 Å². The fourth-order valence-corrected chi connectivity index (χ4v) is 3.45. The molecule has 0 saturated heterocycles. The first-order valence-corrected chi connectivity index (χ1v) is 9.58. The van der Waals surface area contributed by atoms with E-state index in [1.54, 1.807) is 12.3 Å². The minimum atomic E-state index is -0.427. The Bertz CT molecular complexity index is 906. The van der Waals surface area contributed by atoms with Gasteiger partial charge in [0.1, 0.15) is 12.4 Å². The summed E-state index contributed by atoms with van der Waals surface area (Å²) in [5.74, 6) is 0.462. The molecule has 1 aliphatic heterocycles. The van der Waals surface area contributed by atoms with Crippen molar-refractivity contribution in [1.82, 2.24) is 9.97 Å². The van der Waals surface area contributed by atoms with E-state index in [1.165, 1.54) is 24.2 Å². The van der Waals surface area contributed by atoms with E-state index in [4.69, 9.17) is 15.2 Å². The first-order valence-electron chi connectivity index (χ1n) is 8.81. The largest absolute Gasteiger partial charge is 0.477 e. The van der Waals surface area contributed by atoms with Crippen molar-refractivity contribution in [1.29, 1.82) is 0 Å². The highest BCUT2D eigenvalue weighted by Gasteiger charge is 2.19. The molecule has 0 fully saturated rings.